The van der Waals surface area contributed by atoms with Crippen molar-refractivity contribution in [2.45, 2.75) is 156 Å². The molecule has 200 valence electrons. The molecule has 0 atom stereocenters. The molecule has 0 amide bonds. The Morgan fingerprint density at radius 3 is 0.625 bits per heavy atom. The van der Waals surface area contributed by atoms with E-state index < -0.39 is 0 Å². The Balaban J connectivity index is -0.000000170. The smallest absolute Gasteiger partial charge is 0.0431 e. The van der Waals surface area contributed by atoms with Gasteiger partial charge in [-0.2, -0.15) is 0 Å². The third-order valence-corrected chi connectivity index (χ3v) is 5.05. The van der Waals surface area contributed by atoms with Crippen molar-refractivity contribution in [3.8, 4) is 0 Å². The van der Waals surface area contributed by atoms with E-state index in [4.69, 9.17) is 20.4 Å². The van der Waals surface area contributed by atoms with E-state index in [1.165, 1.54) is 96.3 Å². The maximum atomic E-state index is 8.51. The topological polar surface area (TPSA) is 80.9 Å². The van der Waals surface area contributed by atoms with E-state index in [1.54, 1.807) is 0 Å². The molecule has 0 spiro atoms. The van der Waals surface area contributed by atoms with E-state index >= 15 is 0 Å². The van der Waals surface area contributed by atoms with E-state index in [0.29, 0.717) is 26.4 Å². The van der Waals surface area contributed by atoms with Crippen LogP contribution >= 0.6 is 0 Å². The minimum atomic E-state index is 0.344. The van der Waals surface area contributed by atoms with Crippen LogP contribution in [0.4, 0.5) is 0 Å². The maximum Gasteiger partial charge on any atom is 0.0431 e. The van der Waals surface area contributed by atoms with Gasteiger partial charge in [-0.15, -0.1) is 0 Å². The van der Waals surface area contributed by atoms with Gasteiger partial charge in [0.15, 0.2) is 0 Å². The van der Waals surface area contributed by atoms with Crippen LogP contribution in [0, 0.1) is 0 Å². The summed E-state index contributed by atoms with van der Waals surface area (Å²) in [5.41, 5.74) is 0. The zero-order valence-electron chi connectivity index (χ0n) is 22.8. The van der Waals surface area contributed by atoms with Gasteiger partial charge in [0.2, 0.25) is 0 Å². The van der Waals surface area contributed by atoms with Crippen molar-refractivity contribution < 1.29 is 20.4 Å². The van der Waals surface area contributed by atoms with Gasteiger partial charge in [-0.1, -0.05) is 130 Å². The van der Waals surface area contributed by atoms with Crippen molar-refractivity contribution in [3.05, 3.63) is 0 Å². The van der Waals surface area contributed by atoms with Crippen molar-refractivity contribution >= 4 is 0 Å². The Kier molecular flexibility index (Phi) is 59.0. The molecule has 0 bridgehead atoms. The first-order valence-corrected chi connectivity index (χ1v) is 14.1. The van der Waals surface area contributed by atoms with Crippen LogP contribution in [0.15, 0.2) is 0 Å². The van der Waals surface area contributed by atoms with Crippen molar-refractivity contribution in [2.75, 3.05) is 26.4 Å². The summed E-state index contributed by atoms with van der Waals surface area (Å²) in [5.74, 6) is 0. The average molecular weight is 465 g/mol. The van der Waals surface area contributed by atoms with Gasteiger partial charge < -0.3 is 20.4 Å². The summed E-state index contributed by atoms with van der Waals surface area (Å²) in [6.45, 7) is 10.1. The molecule has 0 aliphatic heterocycles. The monoisotopic (exact) mass is 464 g/mol. The average Bonchev–Trinajstić information content (AvgIpc) is 2.81. The minimum absolute atomic E-state index is 0.344. The third-order valence-electron chi connectivity index (χ3n) is 5.05. The molecule has 32 heavy (non-hydrogen) atoms. The number of hydrogen-bond acceptors (Lipinski definition) is 4. The van der Waals surface area contributed by atoms with Crippen molar-refractivity contribution in [1.29, 1.82) is 0 Å². The maximum absolute atomic E-state index is 8.51. The molecule has 4 N–H and O–H groups in total. The molecule has 0 aromatic rings. The molecule has 0 rings (SSSR count). The second-order valence-corrected chi connectivity index (χ2v) is 8.55. The molecule has 0 aromatic heterocycles. The van der Waals surface area contributed by atoms with Gasteiger partial charge in [-0.05, 0) is 25.7 Å². The highest BCUT2D eigenvalue weighted by Gasteiger charge is 1.89. The lowest BCUT2D eigenvalue weighted by Crippen LogP contribution is -1.83. The first-order valence-electron chi connectivity index (χ1n) is 14.1. The van der Waals surface area contributed by atoms with Gasteiger partial charge in [0, 0.05) is 26.4 Å². The summed E-state index contributed by atoms with van der Waals surface area (Å²) in [6.07, 6.45) is 24.6. The Morgan fingerprint density at radius 1 is 0.250 bits per heavy atom. The highest BCUT2D eigenvalue weighted by molar-refractivity contribution is 4.45. The van der Waals surface area contributed by atoms with Crippen molar-refractivity contribution in [2.24, 2.45) is 0 Å². The molecule has 0 aliphatic rings. The largest absolute Gasteiger partial charge is 0.396 e. The van der Waals surface area contributed by atoms with Crippen molar-refractivity contribution in [1.82, 2.24) is 0 Å². The summed E-state index contributed by atoms with van der Waals surface area (Å²) in [5, 5.41) is 33.3. The molecule has 0 radical (unpaired) electrons. The molecule has 0 fully saturated rings. The third kappa shape index (κ3) is 63.1. The predicted molar refractivity (Wildman–Crippen MR) is 143 cm³/mol. The molecule has 0 heterocycles. The second-order valence-electron chi connectivity index (χ2n) is 8.55. The number of hydrogen-bond donors (Lipinski definition) is 4. The van der Waals surface area contributed by atoms with Crippen LogP contribution in [-0.4, -0.2) is 46.9 Å². The first-order chi connectivity index (χ1) is 15.7. The Bertz CT molecular complexity index is 217. The van der Waals surface area contributed by atoms with E-state index in [2.05, 4.69) is 27.7 Å². The number of aliphatic hydroxyl groups is 4. The van der Waals surface area contributed by atoms with Crippen LogP contribution in [0.3, 0.4) is 0 Å². The lowest BCUT2D eigenvalue weighted by Gasteiger charge is -1.98. The number of unbranched alkanes of at least 4 members (excludes halogenated alkanes) is 16. The minimum Gasteiger partial charge on any atom is -0.396 e. The fourth-order valence-electron chi connectivity index (χ4n) is 2.83. The summed E-state index contributed by atoms with van der Waals surface area (Å²) in [4.78, 5) is 0. The molecule has 4 nitrogen and oxygen atoms in total. The number of rotatable bonds is 20. The lowest BCUT2D eigenvalue weighted by molar-refractivity contribution is 0.282. The van der Waals surface area contributed by atoms with Gasteiger partial charge in [0.05, 0.1) is 0 Å². The summed E-state index contributed by atoms with van der Waals surface area (Å²) >= 11 is 0. The molecular weight excluding hydrogens is 400 g/mol. The van der Waals surface area contributed by atoms with Gasteiger partial charge in [-0.3, -0.25) is 0 Å². The van der Waals surface area contributed by atoms with E-state index in [9.17, 15) is 0 Å². The first kappa shape index (κ1) is 39.1. The Morgan fingerprint density at radius 2 is 0.438 bits per heavy atom. The quantitative estimate of drug-likeness (QED) is 0.139. The van der Waals surface area contributed by atoms with Gasteiger partial charge in [-0.25, -0.2) is 0 Å². The molecule has 4 heteroatoms. The molecular formula is C28H64O4. The standard InChI is InChI=1S/C10H22O.C8H18O.C6H14O.C4H10O/c1-2-3-4-5-6-7-8-9-10-11;1-2-3-4-5-6-7-8-9;1-2-3-4-5-6-7;1-2-3-4-5/h11H,2-10H2,1H3;9H,2-8H2,1H3;7H,2-6H2,1H3;5H,2-4H2,1H3. The highest BCUT2D eigenvalue weighted by Crippen LogP contribution is 2.07. The van der Waals surface area contributed by atoms with Crippen molar-refractivity contribution in [3.63, 3.8) is 0 Å². The molecule has 0 saturated heterocycles. The fraction of sp³-hybridized carbons (Fsp3) is 1.00. The van der Waals surface area contributed by atoms with Gasteiger partial charge in [0.25, 0.3) is 0 Å². The van der Waals surface area contributed by atoms with Crippen LogP contribution in [0.2, 0.25) is 0 Å². The summed E-state index contributed by atoms with van der Waals surface area (Å²) in [6, 6.07) is 0. The van der Waals surface area contributed by atoms with E-state index in [0.717, 1.165) is 32.1 Å². The van der Waals surface area contributed by atoms with Crippen LogP contribution in [0.5, 0.6) is 0 Å². The van der Waals surface area contributed by atoms with Crippen LogP contribution in [-0.2, 0) is 0 Å². The summed E-state index contributed by atoms with van der Waals surface area (Å²) in [7, 11) is 0. The lowest BCUT2D eigenvalue weighted by atomic mass is 10.1. The highest BCUT2D eigenvalue weighted by atomic mass is 16.3. The fourth-order valence-corrected chi connectivity index (χ4v) is 2.83. The van der Waals surface area contributed by atoms with Crippen LogP contribution in [0.1, 0.15) is 156 Å². The normalized spacial score (nSPS) is 9.75. The Labute approximate surface area is 203 Å². The zero-order chi connectivity index (χ0) is 25.0. The molecule has 0 saturated carbocycles. The second kappa shape index (κ2) is 48.3. The molecule has 0 aromatic carbocycles. The SMILES string of the molecule is CCCCCCCCCCO.CCCCCCCCO.CCCCCCO.CCCCO. The Hall–Kier alpha value is -0.160. The van der Waals surface area contributed by atoms with Crippen LogP contribution in [0.25, 0.3) is 0 Å². The summed E-state index contributed by atoms with van der Waals surface area (Å²) < 4.78 is 0. The van der Waals surface area contributed by atoms with Crippen LogP contribution < -0.4 is 0 Å². The number of aliphatic hydroxyl groups excluding tert-OH is 4. The van der Waals surface area contributed by atoms with Gasteiger partial charge >= 0.3 is 0 Å². The molecule has 0 aliphatic carbocycles. The van der Waals surface area contributed by atoms with E-state index in [-0.39, 0.29) is 0 Å². The molecule has 0 unspecified atom stereocenters. The van der Waals surface area contributed by atoms with E-state index in [1.807, 2.05) is 0 Å². The zero-order valence-corrected chi connectivity index (χ0v) is 22.8. The predicted octanol–water partition coefficient (Wildman–Crippen LogP) is 7.80. The van der Waals surface area contributed by atoms with Gasteiger partial charge in [0.1, 0.15) is 0 Å².